The van der Waals surface area contributed by atoms with E-state index in [2.05, 4.69) is 20.9 Å². The van der Waals surface area contributed by atoms with Gasteiger partial charge in [0.25, 0.3) is 0 Å². The Kier molecular flexibility index (Phi) is 3.69. The first-order chi connectivity index (χ1) is 9.88. The molecule has 6 heteroatoms. The van der Waals surface area contributed by atoms with Gasteiger partial charge in [0, 0.05) is 10.5 Å². The predicted molar refractivity (Wildman–Crippen MR) is 95.3 cm³/mol. The molecule has 0 aliphatic heterocycles. The molecule has 0 unspecified atom stereocenters. The van der Waals surface area contributed by atoms with Gasteiger partial charge in [-0.05, 0) is 65.8 Å². The standard InChI is InChI=1S/C15H12BrFIN3/c1-7-3-9(16)4-8(2)14(7)21-13-5-10(17)11(18)6-12(13)20-15(21)19/h3-6H,1-2H3,(H2,19,20). The zero-order valence-corrected chi connectivity index (χ0v) is 15.2. The van der Waals surface area contributed by atoms with E-state index in [-0.39, 0.29) is 5.82 Å². The molecule has 0 fully saturated rings. The van der Waals surface area contributed by atoms with Crippen LogP contribution in [-0.2, 0) is 0 Å². The molecule has 21 heavy (non-hydrogen) atoms. The smallest absolute Gasteiger partial charge is 0.205 e. The summed E-state index contributed by atoms with van der Waals surface area (Å²) in [4.78, 5) is 4.35. The number of nitrogens with zero attached hydrogens (tertiary/aromatic N) is 2. The van der Waals surface area contributed by atoms with Crippen LogP contribution >= 0.6 is 38.5 Å². The monoisotopic (exact) mass is 459 g/mol. The van der Waals surface area contributed by atoms with E-state index in [1.807, 2.05) is 53.1 Å². The molecular weight excluding hydrogens is 448 g/mol. The van der Waals surface area contributed by atoms with E-state index in [1.54, 1.807) is 6.07 Å². The molecule has 0 atom stereocenters. The van der Waals surface area contributed by atoms with Gasteiger partial charge in [-0.25, -0.2) is 9.37 Å². The molecule has 0 aliphatic rings. The van der Waals surface area contributed by atoms with Crippen molar-refractivity contribution < 1.29 is 4.39 Å². The molecule has 2 N–H and O–H groups in total. The van der Waals surface area contributed by atoms with Crippen LogP contribution in [0.25, 0.3) is 16.7 Å². The molecule has 0 amide bonds. The second-order valence-corrected chi connectivity index (χ2v) is 7.03. The summed E-state index contributed by atoms with van der Waals surface area (Å²) in [5.74, 6) is 0.0941. The fraction of sp³-hybridized carbons (Fsp3) is 0.133. The van der Waals surface area contributed by atoms with Gasteiger partial charge in [-0.2, -0.15) is 0 Å². The van der Waals surface area contributed by atoms with Crippen LogP contribution in [0.15, 0.2) is 28.7 Å². The number of halogens is 3. The van der Waals surface area contributed by atoms with E-state index in [0.29, 0.717) is 20.6 Å². The van der Waals surface area contributed by atoms with Crippen LogP contribution < -0.4 is 5.73 Å². The van der Waals surface area contributed by atoms with Crippen LogP contribution in [0.1, 0.15) is 11.1 Å². The topological polar surface area (TPSA) is 43.8 Å². The normalized spacial score (nSPS) is 11.3. The highest BCUT2D eigenvalue weighted by molar-refractivity contribution is 14.1. The molecule has 0 bridgehead atoms. The van der Waals surface area contributed by atoms with Crippen molar-refractivity contribution in [1.82, 2.24) is 9.55 Å². The quantitative estimate of drug-likeness (QED) is 0.534. The zero-order chi connectivity index (χ0) is 15.3. The Morgan fingerprint density at radius 2 is 1.81 bits per heavy atom. The lowest BCUT2D eigenvalue weighted by molar-refractivity contribution is 0.622. The van der Waals surface area contributed by atoms with Crippen LogP contribution in [0.2, 0.25) is 0 Å². The summed E-state index contributed by atoms with van der Waals surface area (Å²) in [6.07, 6.45) is 0. The van der Waals surface area contributed by atoms with E-state index in [4.69, 9.17) is 5.73 Å². The summed E-state index contributed by atoms with van der Waals surface area (Å²) in [7, 11) is 0. The largest absolute Gasteiger partial charge is 0.369 e. The zero-order valence-electron chi connectivity index (χ0n) is 11.4. The fourth-order valence-electron chi connectivity index (χ4n) is 2.58. The van der Waals surface area contributed by atoms with Gasteiger partial charge < -0.3 is 5.73 Å². The molecule has 0 spiro atoms. The van der Waals surface area contributed by atoms with Crippen molar-refractivity contribution in [2.75, 3.05) is 5.73 Å². The Morgan fingerprint density at radius 1 is 1.19 bits per heavy atom. The van der Waals surface area contributed by atoms with Gasteiger partial charge in [-0.3, -0.25) is 4.57 Å². The number of nitrogens with two attached hydrogens (primary N) is 1. The molecule has 2 aromatic carbocycles. The second kappa shape index (κ2) is 5.24. The summed E-state index contributed by atoms with van der Waals surface area (Å²) in [6.45, 7) is 4.00. The molecule has 3 nitrogen and oxygen atoms in total. The lowest BCUT2D eigenvalue weighted by Crippen LogP contribution is -2.05. The molecular formula is C15H12BrFIN3. The van der Waals surface area contributed by atoms with Crippen molar-refractivity contribution >= 4 is 55.5 Å². The highest BCUT2D eigenvalue weighted by atomic mass is 127. The maximum Gasteiger partial charge on any atom is 0.205 e. The third-order valence-corrected chi connectivity index (χ3v) is 4.69. The first kappa shape index (κ1) is 14.8. The molecule has 1 aromatic heterocycles. The van der Waals surface area contributed by atoms with E-state index in [9.17, 15) is 4.39 Å². The van der Waals surface area contributed by atoms with Crippen molar-refractivity contribution in [3.8, 4) is 5.69 Å². The number of anilines is 1. The molecule has 1 heterocycles. The van der Waals surface area contributed by atoms with E-state index < -0.39 is 0 Å². The molecule has 3 rings (SSSR count). The summed E-state index contributed by atoms with van der Waals surface area (Å²) >= 11 is 5.44. The third kappa shape index (κ3) is 2.44. The van der Waals surface area contributed by atoms with Gasteiger partial charge in [0.1, 0.15) is 5.82 Å². The lowest BCUT2D eigenvalue weighted by atomic mass is 10.1. The van der Waals surface area contributed by atoms with Crippen LogP contribution in [0.5, 0.6) is 0 Å². The number of benzene rings is 2. The number of aromatic nitrogens is 2. The third-order valence-electron chi connectivity index (χ3n) is 3.40. The van der Waals surface area contributed by atoms with Gasteiger partial charge in [0.15, 0.2) is 0 Å². The minimum atomic E-state index is -0.267. The van der Waals surface area contributed by atoms with Crippen LogP contribution in [0.3, 0.4) is 0 Å². The highest BCUT2D eigenvalue weighted by Crippen LogP contribution is 2.31. The maximum atomic E-state index is 13.9. The number of hydrogen-bond donors (Lipinski definition) is 1. The Bertz CT molecular complexity index is 850. The summed E-state index contributed by atoms with van der Waals surface area (Å²) in [5.41, 5.74) is 10.5. The molecule has 0 saturated heterocycles. The number of nitrogen functional groups attached to an aromatic ring is 1. The molecule has 0 radical (unpaired) electrons. The maximum absolute atomic E-state index is 13.9. The van der Waals surface area contributed by atoms with Crippen molar-refractivity contribution in [1.29, 1.82) is 0 Å². The van der Waals surface area contributed by atoms with Crippen molar-refractivity contribution in [2.24, 2.45) is 0 Å². The Morgan fingerprint density at radius 3 is 2.43 bits per heavy atom. The molecule has 0 aliphatic carbocycles. The lowest BCUT2D eigenvalue weighted by Gasteiger charge is -2.14. The van der Waals surface area contributed by atoms with Gasteiger partial charge in [-0.1, -0.05) is 15.9 Å². The summed E-state index contributed by atoms with van der Waals surface area (Å²) < 4.78 is 17.3. The SMILES string of the molecule is Cc1cc(Br)cc(C)c1-n1c(N)nc2cc(I)c(F)cc21. The number of imidazole rings is 1. The van der Waals surface area contributed by atoms with Crippen LogP contribution in [0, 0.1) is 23.2 Å². The first-order valence-corrected chi connectivity index (χ1v) is 8.15. The first-order valence-electron chi connectivity index (χ1n) is 6.28. The average Bonchev–Trinajstić information content (AvgIpc) is 2.66. The number of aryl methyl sites for hydroxylation is 2. The number of hydrogen-bond acceptors (Lipinski definition) is 2. The van der Waals surface area contributed by atoms with Gasteiger partial charge in [-0.15, -0.1) is 0 Å². The Hall–Kier alpha value is -1.15. The second-order valence-electron chi connectivity index (χ2n) is 4.95. The van der Waals surface area contributed by atoms with Crippen molar-refractivity contribution in [2.45, 2.75) is 13.8 Å². The minimum Gasteiger partial charge on any atom is -0.369 e. The van der Waals surface area contributed by atoms with E-state index in [1.165, 1.54) is 6.07 Å². The highest BCUT2D eigenvalue weighted by Gasteiger charge is 2.16. The summed E-state index contributed by atoms with van der Waals surface area (Å²) in [5, 5.41) is 0. The Labute approximate surface area is 143 Å². The van der Waals surface area contributed by atoms with Gasteiger partial charge in [0.2, 0.25) is 5.95 Å². The summed E-state index contributed by atoms with van der Waals surface area (Å²) in [6, 6.07) is 7.22. The molecule has 3 aromatic rings. The van der Waals surface area contributed by atoms with E-state index in [0.717, 1.165) is 21.3 Å². The van der Waals surface area contributed by atoms with Crippen LogP contribution in [0.4, 0.5) is 10.3 Å². The number of rotatable bonds is 1. The number of fused-ring (bicyclic) bond motifs is 1. The van der Waals surface area contributed by atoms with Crippen molar-refractivity contribution in [3.05, 3.63) is 49.3 Å². The minimum absolute atomic E-state index is 0.267. The van der Waals surface area contributed by atoms with Crippen LogP contribution in [-0.4, -0.2) is 9.55 Å². The molecule has 0 saturated carbocycles. The van der Waals surface area contributed by atoms with E-state index >= 15 is 0 Å². The molecule has 108 valence electrons. The van der Waals surface area contributed by atoms with Gasteiger partial charge >= 0.3 is 0 Å². The average molecular weight is 460 g/mol. The van der Waals surface area contributed by atoms with Crippen molar-refractivity contribution in [3.63, 3.8) is 0 Å². The predicted octanol–water partition coefficient (Wildman–Crippen LogP) is 4.73. The fourth-order valence-corrected chi connectivity index (χ4v) is 3.72. The van der Waals surface area contributed by atoms with Gasteiger partial charge in [0.05, 0.1) is 20.3 Å². The Balaban J connectivity index is 2.41.